The number of carbonyl (C=O) groups is 1. The van der Waals surface area contributed by atoms with Crippen LogP contribution in [0.2, 0.25) is 0 Å². The van der Waals surface area contributed by atoms with Gasteiger partial charge in [0.05, 0.1) is 16.8 Å². The molecule has 0 unspecified atom stereocenters. The van der Waals surface area contributed by atoms with E-state index in [4.69, 9.17) is 0 Å². The van der Waals surface area contributed by atoms with Crippen molar-refractivity contribution >= 4 is 16.8 Å². The number of nitrogens with one attached hydrogen (secondary N) is 2. The third-order valence-electron chi connectivity index (χ3n) is 6.79. The van der Waals surface area contributed by atoms with E-state index >= 15 is 0 Å². The summed E-state index contributed by atoms with van der Waals surface area (Å²) in [5.74, 6) is -2.11. The van der Waals surface area contributed by atoms with Gasteiger partial charge in [0.25, 0.3) is 0 Å². The smallest absolute Gasteiger partial charge is 0.223 e. The van der Waals surface area contributed by atoms with Crippen LogP contribution in [-0.4, -0.2) is 28.1 Å². The number of amides is 1. The van der Waals surface area contributed by atoms with Crippen LogP contribution in [0.5, 0.6) is 0 Å². The molecule has 0 radical (unpaired) electrons. The second-order valence-electron chi connectivity index (χ2n) is 8.89. The molecule has 3 N–H and O–H groups in total. The average molecular weight is 428 g/mol. The third kappa shape index (κ3) is 3.61. The summed E-state index contributed by atoms with van der Waals surface area (Å²) in [5.41, 5.74) is 1.47. The van der Waals surface area contributed by atoms with Crippen molar-refractivity contribution in [2.45, 2.75) is 43.6 Å². The predicted octanol–water partition coefficient (Wildman–Crippen LogP) is 4.78. The Hall–Kier alpha value is -2.80. The molecule has 5 rings (SSSR count). The van der Waals surface area contributed by atoms with Crippen LogP contribution in [0.3, 0.4) is 0 Å². The number of benzene rings is 2. The molecule has 1 amide bonds. The van der Waals surface area contributed by atoms with Gasteiger partial charge in [-0.25, -0.2) is 13.2 Å². The first-order chi connectivity index (χ1) is 14.8. The van der Waals surface area contributed by atoms with Gasteiger partial charge in [-0.2, -0.15) is 0 Å². The van der Waals surface area contributed by atoms with Crippen LogP contribution in [0.1, 0.15) is 43.6 Å². The Balaban J connectivity index is 1.42. The maximum atomic E-state index is 14.4. The van der Waals surface area contributed by atoms with Gasteiger partial charge in [-0.1, -0.05) is 0 Å². The highest BCUT2D eigenvalue weighted by Crippen LogP contribution is 2.48. The van der Waals surface area contributed by atoms with Crippen molar-refractivity contribution in [3.63, 3.8) is 0 Å². The lowest BCUT2D eigenvalue weighted by atomic mass is 9.69. The molecule has 2 aliphatic carbocycles. The van der Waals surface area contributed by atoms with Gasteiger partial charge in [-0.15, -0.1) is 0 Å². The summed E-state index contributed by atoms with van der Waals surface area (Å²) in [6, 6.07) is 7.98. The molecule has 2 fully saturated rings. The maximum absolute atomic E-state index is 14.4. The van der Waals surface area contributed by atoms with E-state index in [1.807, 2.05) is 0 Å². The first-order valence-corrected chi connectivity index (χ1v) is 10.6. The van der Waals surface area contributed by atoms with Crippen LogP contribution >= 0.6 is 0 Å². The highest BCUT2D eigenvalue weighted by atomic mass is 19.1. The minimum Gasteiger partial charge on any atom is -0.388 e. The van der Waals surface area contributed by atoms with Crippen molar-refractivity contribution in [1.82, 2.24) is 10.3 Å². The van der Waals surface area contributed by atoms with E-state index in [0.717, 1.165) is 18.1 Å². The average Bonchev–Trinajstić information content (AvgIpc) is 3.04. The molecule has 1 aromatic heterocycles. The first-order valence-electron chi connectivity index (χ1n) is 10.6. The standard InChI is InChI=1S/C24H23F3N2O2/c25-16-4-2-13(3-5-16)21-20(18-10-17(26)11-19(27)22(18)29-21)14-8-15(9-14)23(30)28-12-24(31)6-1-7-24/h2-5,10-11,14-15,29,31H,1,6-9,12H2,(H,28,30)/t14-,15-. The summed E-state index contributed by atoms with van der Waals surface area (Å²) in [4.78, 5) is 15.6. The van der Waals surface area contributed by atoms with E-state index in [1.54, 1.807) is 12.1 Å². The lowest BCUT2D eigenvalue weighted by molar-refractivity contribution is -0.130. The molecule has 0 saturated heterocycles. The summed E-state index contributed by atoms with van der Waals surface area (Å²) in [5, 5.41) is 13.5. The molecular weight excluding hydrogens is 405 g/mol. The van der Waals surface area contributed by atoms with Crippen molar-refractivity contribution in [3.8, 4) is 11.3 Å². The highest BCUT2D eigenvalue weighted by molar-refractivity contribution is 5.92. The first kappa shape index (κ1) is 20.1. The molecule has 0 bridgehead atoms. The van der Waals surface area contributed by atoms with Crippen LogP contribution in [0.25, 0.3) is 22.2 Å². The molecule has 162 valence electrons. The molecule has 31 heavy (non-hydrogen) atoms. The number of hydrogen-bond donors (Lipinski definition) is 3. The van der Waals surface area contributed by atoms with Crippen molar-refractivity contribution in [2.24, 2.45) is 5.92 Å². The van der Waals surface area contributed by atoms with E-state index in [1.165, 1.54) is 18.2 Å². The van der Waals surface area contributed by atoms with Crippen LogP contribution in [0.4, 0.5) is 13.2 Å². The summed E-state index contributed by atoms with van der Waals surface area (Å²) in [6.07, 6.45) is 3.47. The lowest BCUT2D eigenvalue weighted by Crippen LogP contribution is -2.50. The van der Waals surface area contributed by atoms with Gasteiger partial charge in [-0.3, -0.25) is 4.79 Å². The Bertz CT molecular complexity index is 1150. The topological polar surface area (TPSA) is 65.1 Å². The number of fused-ring (bicyclic) bond motifs is 1. The predicted molar refractivity (Wildman–Crippen MR) is 111 cm³/mol. The molecule has 3 aromatic rings. The minimum atomic E-state index is -0.777. The Kier molecular flexibility index (Phi) is 4.81. The number of aromatic amines is 1. The van der Waals surface area contributed by atoms with Gasteiger partial charge in [0, 0.05) is 23.9 Å². The molecule has 2 aromatic carbocycles. The van der Waals surface area contributed by atoms with Crippen molar-refractivity contribution in [1.29, 1.82) is 0 Å². The van der Waals surface area contributed by atoms with Crippen LogP contribution in [-0.2, 0) is 4.79 Å². The Morgan fingerprint density at radius 1 is 1.10 bits per heavy atom. The zero-order chi connectivity index (χ0) is 21.8. The number of carbonyl (C=O) groups excluding carboxylic acids is 1. The Morgan fingerprint density at radius 3 is 2.45 bits per heavy atom. The zero-order valence-corrected chi connectivity index (χ0v) is 16.9. The fraction of sp³-hybridized carbons (Fsp3) is 0.375. The van der Waals surface area contributed by atoms with Crippen molar-refractivity contribution in [2.75, 3.05) is 6.54 Å². The number of rotatable bonds is 5. The van der Waals surface area contributed by atoms with Gasteiger partial charge in [0.1, 0.15) is 17.5 Å². The quantitative estimate of drug-likeness (QED) is 0.548. The van der Waals surface area contributed by atoms with Gasteiger partial charge in [-0.05, 0) is 79.5 Å². The Labute approximate surface area is 177 Å². The molecular formula is C24H23F3N2O2. The second kappa shape index (κ2) is 7.41. The normalized spacial score (nSPS) is 22.1. The lowest BCUT2D eigenvalue weighted by Gasteiger charge is -2.39. The molecule has 7 heteroatoms. The maximum Gasteiger partial charge on any atom is 0.223 e. The summed E-state index contributed by atoms with van der Waals surface area (Å²) < 4.78 is 41.8. The van der Waals surface area contributed by atoms with E-state index < -0.39 is 17.2 Å². The van der Waals surface area contributed by atoms with E-state index in [-0.39, 0.29) is 35.6 Å². The fourth-order valence-corrected chi connectivity index (χ4v) is 4.73. The number of halogens is 3. The fourth-order valence-electron chi connectivity index (χ4n) is 4.73. The van der Waals surface area contributed by atoms with Crippen LogP contribution < -0.4 is 5.32 Å². The molecule has 1 heterocycles. The van der Waals surface area contributed by atoms with Crippen molar-refractivity contribution < 1.29 is 23.1 Å². The van der Waals surface area contributed by atoms with Gasteiger partial charge >= 0.3 is 0 Å². The van der Waals surface area contributed by atoms with Gasteiger partial charge < -0.3 is 15.4 Å². The molecule has 0 atom stereocenters. The minimum absolute atomic E-state index is 0.0578. The number of H-pyrrole nitrogens is 1. The third-order valence-corrected chi connectivity index (χ3v) is 6.79. The van der Waals surface area contributed by atoms with Gasteiger partial charge in [0.2, 0.25) is 5.91 Å². The molecule has 0 spiro atoms. The molecule has 2 saturated carbocycles. The SMILES string of the molecule is O=C(NCC1(O)CCC1)[C@H]1C[C@H](c2c(-c3ccc(F)cc3)[nH]c3c(F)cc(F)cc32)C1. The monoisotopic (exact) mass is 428 g/mol. The molecule has 2 aliphatic rings. The Morgan fingerprint density at radius 2 is 1.81 bits per heavy atom. The molecule has 4 nitrogen and oxygen atoms in total. The van der Waals surface area contributed by atoms with E-state index in [2.05, 4.69) is 10.3 Å². The number of aromatic nitrogens is 1. The van der Waals surface area contributed by atoms with Crippen molar-refractivity contribution in [3.05, 3.63) is 59.4 Å². The second-order valence-corrected chi connectivity index (χ2v) is 8.89. The number of aliphatic hydroxyl groups is 1. The van der Waals surface area contributed by atoms with Crippen LogP contribution in [0.15, 0.2) is 36.4 Å². The summed E-state index contributed by atoms with van der Waals surface area (Å²) in [7, 11) is 0. The largest absolute Gasteiger partial charge is 0.388 e. The summed E-state index contributed by atoms with van der Waals surface area (Å²) in [6.45, 7) is 0.261. The highest BCUT2D eigenvalue weighted by Gasteiger charge is 2.40. The molecule has 0 aliphatic heterocycles. The number of hydrogen-bond acceptors (Lipinski definition) is 2. The summed E-state index contributed by atoms with van der Waals surface area (Å²) >= 11 is 0. The van der Waals surface area contributed by atoms with Crippen LogP contribution in [0, 0.1) is 23.4 Å². The zero-order valence-electron chi connectivity index (χ0n) is 16.9. The van der Waals surface area contributed by atoms with E-state index in [9.17, 15) is 23.1 Å². The van der Waals surface area contributed by atoms with E-state index in [0.29, 0.717) is 42.3 Å². The van der Waals surface area contributed by atoms with Gasteiger partial charge in [0.15, 0.2) is 0 Å².